The number of hydrogen-bond donors (Lipinski definition) is 0. The summed E-state index contributed by atoms with van der Waals surface area (Å²) in [4.78, 5) is 0. The van der Waals surface area contributed by atoms with E-state index >= 15 is 0 Å². The highest BCUT2D eigenvalue weighted by atomic mass is 32.2. The van der Waals surface area contributed by atoms with Gasteiger partial charge in [0.05, 0.1) is 6.54 Å². The lowest BCUT2D eigenvalue weighted by Crippen LogP contribution is -2.69. The highest BCUT2D eigenvalue weighted by molar-refractivity contribution is 7.97. The summed E-state index contributed by atoms with van der Waals surface area (Å²) in [7, 11) is 0. The maximum atomic E-state index is 13.6. The largest absolute Gasteiger partial charge is 0.384 e. The molecule has 1 nitrogen and oxygen atoms in total. The molecule has 0 unspecified atom stereocenters. The molecule has 1 aliphatic rings. The van der Waals surface area contributed by atoms with Crippen molar-refractivity contribution < 1.29 is 52.7 Å². The second kappa shape index (κ2) is 6.99. The first kappa shape index (κ1) is 23.2. The fourth-order valence-electron chi connectivity index (χ4n) is 1.77. The summed E-state index contributed by atoms with van der Waals surface area (Å²) in [5, 5.41) is 0. The number of hydrogen-bond acceptors (Lipinski definition) is 2. The van der Waals surface area contributed by atoms with Crippen LogP contribution in [0.15, 0.2) is 11.6 Å². The van der Waals surface area contributed by atoms with Crippen LogP contribution in [-0.2, 0) is 0 Å². The van der Waals surface area contributed by atoms with E-state index < -0.39 is 49.1 Å². The topological polar surface area (TPSA) is 3.24 Å². The Morgan fingerprint density at radius 3 is 1.81 bits per heavy atom. The van der Waals surface area contributed by atoms with Crippen LogP contribution < -0.4 is 0 Å². The predicted octanol–water partition coefficient (Wildman–Crippen LogP) is 5.34. The van der Waals surface area contributed by atoms with Crippen molar-refractivity contribution in [2.75, 3.05) is 18.8 Å². The average Bonchev–Trinajstić information content (AvgIpc) is 2.48. The summed E-state index contributed by atoms with van der Waals surface area (Å²) in [6.07, 6.45) is -4.22. The molecule has 1 rings (SSSR count). The van der Waals surface area contributed by atoms with Gasteiger partial charge in [-0.15, -0.1) is 0 Å². The van der Waals surface area contributed by atoms with Crippen molar-refractivity contribution in [2.24, 2.45) is 0 Å². The van der Waals surface area contributed by atoms with Crippen molar-refractivity contribution in [1.82, 2.24) is 4.31 Å². The summed E-state index contributed by atoms with van der Waals surface area (Å²) in [6.45, 7) is -1.09. The van der Waals surface area contributed by atoms with E-state index in [1.807, 2.05) is 0 Å². The molecule has 0 aromatic heterocycles. The van der Waals surface area contributed by atoms with Gasteiger partial charge in [-0.25, -0.2) is 13.1 Å². The zero-order chi connectivity index (χ0) is 20.8. The molecule has 0 aromatic carbocycles. The molecule has 0 radical (unpaired) electrons. The molecule has 154 valence electrons. The van der Waals surface area contributed by atoms with Crippen LogP contribution in [0.25, 0.3) is 0 Å². The van der Waals surface area contributed by atoms with Gasteiger partial charge < -0.3 is 0 Å². The number of nitrogens with zero attached hydrogens (tertiary/aromatic N) is 1. The Morgan fingerprint density at radius 1 is 0.923 bits per heavy atom. The molecule has 0 atom stereocenters. The number of rotatable bonds is 7. The lowest BCUT2D eigenvalue weighted by atomic mass is 9.94. The van der Waals surface area contributed by atoms with E-state index in [2.05, 4.69) is 0 Å². The second-order valence-corrected chi connectivity index (χ2v) is 6.56. The summed E-state index contributed by atoms with van der Waals surface area (Å²) in [5.41, 5.74) is 0.634. The standard InChI is InChI=1S/C12H11F12NS/c1-6-2-3-25(26-4-6)5-8(15,16)10(19,20)12(23,24)11(21,22)9(17,18)7(13)14/h2,7H,3-5H2,1H3. The molecular weight excluding hydrogens is 418 g/mol. The molecule has 1 heterocycles. The molecule has 1 aliphatic heterocycles. The van der Waals surface area contributed by atoms with E-state index in [0.29, 0.717) is 21.8 Å². The molecule has 0 N–H and O–H groups in total. The van der Waals surface area contributed by atoms with Gasteiger partial charge in [-0.3, -0.25) is 0 Å². The quantitative estimate of drug-likeness (QED) is 0.306. The Bertz CT molecular complexity index is 544. The van der Waals surface area contributed by atoms with Crippen LogP contribution in [0.1, 0.15) is 6.92 Å². The first-order chi connectivity index (χ1) is 11.4. The lowest BCUT2D eigenvalue weighted by molar-refractivity contribution is -0.412. The van der Waals surface area contributed by atoms with Gasteiger partial charge in [-0.2, -0.15) is 43.9 Å². The predicted molar refractivity (Wildman–Crippen MR) is 68.5 cm³/mol. The Balaban J connectivity index is 3.19. The van der Waals surface area contributed by atoms with Crippen LogP contribution in [0.2, 0.25) is 0 Å². The number of halogens is 12. The van der Waals surface area contributed by atoms with Crippen molar-refractivity contribution in [1.29, 1.82) is 0 Å². The van der Waals surface area contributed by atoms with Crippen molar-refractivity contribution in [3.05, 3.63) is 11.6 Å². The van der Waals surface area contributed by atoms with E-state index in [9.17, 15) is 52.7 Å². The third kappa shape index (κ3) is 3.62. The fourth-order valence-corrected chi connectivity index (χ4v) is 2.70. The fraction of sp³-hybridized carbons (Fsp3) is 0.833. The van der Waals surface area contributed by atoms with Crippen molar-refractivity contribution >= 4 is 11.9 Å². The molecule has 0 saturated heterocycles. The van der Waals surface area contributed by atoms with Crippen LogP contribution in [0.3, 0.4) is 0 Å². The molecule has 0 bridgehead atoms. The summed E-state index contributed by atoms with van der Waals surface area (Å²) in [6, 6.07) is 0. The van der Waals surface area contributed by atoms with E-state index in [1.165, 1.54) is 13.0 Å². The van der Waals surface area contributed by atoms with Gasteiger partial charge in [0.25, 0.3) is 0 Å². The molecule has 0 aromatic rings. The zero-order valence-electron chi connectivity index (χ0n) is 12.7. The molecule has 0 amide bonds. The van der Waals surface area contributed by atoms with Gasteiger partial charge in [0.1, 0.15) is 0 Å². The Kier molecular flexibility index (Phi) is 6.25. The molecule has 0 spiro atoms. The van der Waals surface area contributed by atoms with Gasteiger partial charge >= 0.3 is 36.0 Å². The Morgan fingerprint density at radius 2 is 1.42 bits per heavy atom. The van der Waals surface area contributed by atoms with Gasteiger partial charge in [-0.1, -0.05) is 23.6 Å². The highest BCUT2D eigenvalue weighted by Crippen LogP contribution is 2.58. The van der Waals surface area contributed by atoms with Crippen molar-refractivity contribution in [3.8, 4) is 0 Å². The maximum absolute atomic E-state index is 13.6. The smallest absolute Gasteiger partial charge is 0.240 e. The van der Waals surface area contributed by atoms with Crippen LogP contribution in [0, 0.1) is 0 Å². The molecule has 0 fully saturated rings. The molecular formula is C12H11F12NS. The number of alkyl halides is 12. The minimum Gasteiger partial charge on any atom is -0.240 e. The summed E-state index contributed by atoms with van der Waals surface area (Å²) in [5.74, 6) is -34.8. The third-order valence-electron chi connectivity index (χ3n) is 3.43. The van der Waals surface area contributed by atoms with E-state index in [1.54, 1.807) is 0 Å². The zero-order valence-corrected chi connectivity index (χ0v) is 13.5. The van der Waals surface area contributed by atoms with E-state index in [4.69, 9.17) is 0 Å². The lowest BCUT2D eigenvalue weighted by Gasteiger charge is -2.40. The Hall–Kier alpha value is -0.790. The highest BCUT2D eigenvalue weighted by Gasteiger charge is 2.87. The molecule has 0 aliphatic carbocycles. The van der Waals surface area contributed by atoms with Crippen molar-refractivity contribution in [3.63, 3.8) is 0 Å². The normalized spacial score (nSPS) is 19.1. The van der Waals surface area contributed by atoms with Crippen LogP contribution in [0.5, 0.6) is 0 Å². The molecule has 0 saturated carbocycles. The third-order valence-corrected chi connectivity index (χ3v) is 4.66. The van der Waals surface area contributed by atoms with Gasteiger partial charge in [0.15, 0.2) is 0 Å². The monoisotopic (exact) mass is 429 g/mol. The average molecular weight is 429 g/mol. The summed E-state index contributed by atoms with van der Waals surface area (Å²) < 4.78 is 157. The van der Waals surface area contributed by atoms with Crippen molar-refractivity contribution in [2.45, 2.75) is 43.0 Å². The van der Waals surface area contributed by atoms with Crippen LogP contribution in [0.4, 0.5) is 52.7 Å². The van der Waals surface area contributed by atoms with Crippen LogP contribution >= 0.6 is 11.9 Å². The first-order valence-corrected chi connectivity index (χ1v) is 7.57. The first-order valence-electron chi connectivity index (χ1n) is 6.62. The van der Waals surface area contributed by atoms with E-state index in [-0.39, 0.29) is 5.75 Å². The van der Waals surface area contributed by atoms with Gasteiger partial charge in [-0.05, 0) is 6.92 Å². The summed E-state index contributed by atoms with van der Waals surface area (Å²) >= 11 is 0.494. The maximum Gasteiger partial charge on any atom is 0.384 e. The SMILES string of the molecule is CC1=CCN(CC(F)(F)C(F)(F)C(F)(F)C(F)(F)C(F)(F)C(F)F)SC1. The van der Waals surface area contributed by atoms with Gasteiger partial charge in [0, 0.05) is 12.3 Å². The van der Waals surface area contributed by atoms with Gasteiger partial charge in [0.2, 0.25) is 0 Å². The second-order valence-electron chi connectivity index (χ2n) is 5.50. The Labute approximate surface area is 143 Å². The molecule has 26 heavy (non-hydrogen) atoms. The molecule has 14 heteroatoms. The minimum atomic E-state index is -7.46. The van der Waals surface area contributed by atoms with Crippen LogP contribution in [-0.4, -0.2) is 59.2 Å². The van der Waals surface area contributed by atoms with E-state index in [0.717, 1.165) is 0 Å². The minimum absolute atomic E-state index is 0.0116.